The summed E-state index contributed by atoms with van der Waals surface area (Å²) in [6, 6.07) is 0. The lowest BCUT2D eigenvalue weighted by molar-refractivity contribution is -0.000152. The molecule has 1 fully saturated rings. The fraction of sp³-hybridized carbons (Fsp3) is 1.00. The Labute approximate surface area is 88.3 Å². The normalized spacial score (nSPS) is 22.1. The van der Waals surface area contributed by atoms with Crippen LogP contribution >= 0.6 is 0 Å². The Balaban J connectivity index is 2.23. The lowest BCUT2D eigenvalue weighted by Crippen LogP contribution is -2.55. The van der Waals surface area contributed by atoms with Crippen LogP contribution < -0.4 is 0 Å². The monoisotopic (exact) mass is 199 g/mol. The van der Waals surface area contributed by atoms with E-state index in [9.17, 15) is 0 Å². The maximum Gasteiger partial charge on any atom is 0.0431 e. The van der Waals surface area contributed by atoms with Gasteiger partial charge in [-0.05, 0) is 23.7 Å². The third-order valence-electron chi connectivity index (χ3n) is 2.97. The molecule has 0 atom stereocenters. The summed E-state index contributed by atoms with van der Waals surface area (Å²) in [4.78, 5) is 2.53. The lowest BCUT2D eigenvalue weighted by Gasteiger charge is -2.49. The summed E-state index contributed by atoms with van der Waals surface area (Å²) in [7, 11) is 0. The molecule has 1 aliphatic heterocycles. The van der Waals surface area contributed by atoms with Gasteiger partial charge in [-0.25, -0.2) is 0 Å². The minimum absolute atomic E-state index is 0.328. The van der Waals surface area contributed by atoms with E-state index in [1.165, 1.54) is 19.6 Å². The minimum atomic E-state index is 0.328. The predicted molar refractivity (Wildman–Crippen MR) is 60.3 cm³/mol. The summed E-state index contributed by atoms with van der Waals surface area (Å²) < 4.78 is 0. The van der Waals surface area contributed by atoms with Crippen LogP contribution in [0.25, 0.3) is 0 Å². The second-order valence-electron chi connectivity index (χ2n) is 6.30. The van der Waals surface area contributed by atoms with Crippen molar-refractivity contribution in [1.29, 1.82) is 0 Å². The van der Waals surface area contributed by atoms with Gasteiger partial charge in [0.1, 0.15) is 0 Å². The topological polar surface area (TPSA) is 23.5 Å². The van der Waals surface area contributed by atoms with Crippen molar-refractivity contribution in [1.82, 2.24) is 4.90 Å². The van der Waals surface area contributed by atoms with Gasteiger partial charge in [0.25, 0.3) is 0 Å². The Kier molecular flexibility index (Phi) is 3.59. The summed E-state index contributed by atoms with van der Waals surface area (Å²) in [6.45, 7) is 13.2. The van der Waals surface area contributed by atoms with Crippen molar-refractivity contribution in [2.75, 3.05) is 26.2 Å². The number of hydrogen-bond acceptors (Lipinski definition) is 2. The largest absolute Gasteiger partial charge is 0.396 e. The van der Waals surface area contributed by atoms with Crippen LogP contribution in [0.5, 0.6) is 0 Å². The van der Waals surface area contributed by atoms with Crippen molar-refractivity contribution in [2.45, 2.75) is 40.5 Å². The highest BCUT2D eigenvalue weighted by atomic mass is 16.2. The third kappa shape index (κ3) is 3.58. The number of nitrogens with zero attached hydrogens (tertiary/aromatic N) is 1. The number of likely N-dealkylation sites (tertiary alicyclic amines) is 1. The molecule has 1 N–H and O–H groups in total. The van der Waals surface area contributed by atoms with Gasteiger partial charge in [0.2, 0.25) is 0 Å². The summed E-state index contributed by atoms with van der Waals surface area (Å²) in [5.74, 6) is 0. The first-order valence-corrected chi connectivity index (χ1v) is 5.68. The fourth-order valence-electron chi connectivity index (χ4n) is 2.52. The molecule has 84 valence electrons. The average Bonchev–Trinajstić information content (AvgIpc) is 1.97. The van der Waals surface area contributed by atoms with E-state index in [1.54, 1.807) is 0 Å². The Morgan fingerprint density at radius 2 is 1.86 bits per heavy atom. The molecular formula is C12H25NO. The first kappa shape index (κ1) is 12.0. The van der Waals surface area contributed by atoms with Gasteiger partial charge in [0, 0.05) is 26.2 Å². The van der Waals surface area contributed by atoms with Gasteiger partial charge >= 0.3 is 0 Å². The summed E-state index contributed by atoms with van der Waals surface area (Å²) in [5.41, 5.74) is 0.895. The van der Waals surface area contributed by atoms with Crippen molar-refractivity contribution in [3.8, 4) is 0 Å². The van der Waals surface area contributed by atoms with E-state index in [0.717, 1.165) is 12.8 Å². The second kappa shape index (κ2) is 4.19. The first-order chi connectivity index (χ1) is 6.35. The molecule has 1 saturated heterocycles. The van der Waals surface area contributed by atoms with Crippen LogP contribution in [0.4, 0.5) is 0 Å². The number of aliphatic hydroxyl groups excluding tert-OH is 1. The molecular weight excluding hydrogens is 174 g/mol. The molecule has 0 unspecified atom stereocenters. The molecule has 0 spiro atoms. The van der Waals surface area contributed by atoms with Crippen LogP contribution in [0.1, 0.15) is 40.5 Å². The van der Waals surface area contributed by atoms with E-state index >= 15 is 0 Å². The van der Waals surface area contributed by atoms with Crippen molar-refractivity contribution in [2.24, 2.45) is 10.8 Å². The van der Waals surface area contributed by atoms with Crippen molar-refractivity contribution in [3.05, 3.63) is 0 Å². The highest BCUT2D eigenvalue weighted by Gasteiger charge is 2.36. The first-order valence-electron chi connectivity index (χ1n) is 5.68. The number of rotatable bonds is 5. The number of aliphatic hydroxyl groups is 1. The molecule has 0 amide bonds. The van der Waals surface area contributed by atoms with Gasteiger partial charge < -0.3 is 10.0 Å². The Hall–Kier alpha value is -0.0800. The molecule has 0 saturated carbocycles. The van der Waals surface area contributed by atoms with Gasteiger partial charge in [-0.3, -0.25) is 0 Å². The van der Waals surface area contributed by atoms with Crippen molar-refractivity contribution in [3.63, 3.8) is 0 Å². The molecule has 1 aliphatic rings. The smallest absolute Gasteiger partial charge is 0.0431 e. The number of hydrogen-bond donors (Lipinski definition) is 1. The quantitative estimate of drug-likeness (QED) is 0.733. The predicted octanol–water partition coefficient (Wildman–Crippen LogP) is 2.13. The van der Waals surface area contributed by atoms with Crippen LogP contribution in [0.15, 0.2) is 0 Å². The highest BCUT2D eigenvalue weighted by molar-refractivity contribution is 4.90. The lowest BCUT2D eigenvalue weighted by atomic mass is 9.80. The highest BCUT2D eigenvalue weighted by Crippen LogP contribution is 2.33. The van der Waals surface area contributed by atoms with Crippen LogP contribution in [0.3, 0.4) is 0 Å². The average molecular weight is 199 g/mol. The van der Waals surface area contributed by atoms with Crippen LogP contribution in [0.2, 0.25) is 0 Å². The Bertz CT molecular complexity index is 179. The van der Waals surface area contributed by atoms with E-state index in [0.29, 0.717) is 17.4 Å². The maximum absolute atomic E-state index is 8.80. The molecule has 0 radical (unpaired) electrons. The Morgan fingerprint density at radius 1 is 1.29 bits per heavy atom. The molecule has 2 nitrogen and oxygen atoms in total. The third-order valence-corrected chi connectivity index (χ3v) is 2.97. The zero-order chi connectivity index (χ0) is 10.8. The maximum atomic E-state index is 8.80. The SMILES string of the molecule is CC(C)(CCCO)CN1CC(C)(C)C1. The molecule has 0 aromatic rings. The summed E-state index contributed by atoms with van der Waals surface area (Å²) >= 11 is 0. The van der Waals surface area contributed by atoms with Gasteiger partial charge in [-0.2, -0.15) is 0 Å². The van der Waals surface area contributed by atoms with Crippen LogP contribution in [0, 0.1) is 10.8 Å². The van der Waals surface area contributed by atoms with Gasteiger partial charge in [0.05, 0.1) is 0 Å². The molecule has 0 aromatic carbocycles. The molecule has 1 rings (SSSR count). The minimum Gasteiger partial charge on any atom is -0.396 e. The summed E-state index contributed by atoms with van der Waals surface area (Å²) in [5, 5.41) is 8.80. The Morgan fingerprint density at radius 3 is 2.29 bits per heavy atom. The zero-order valence-electron chi connectivity index (χ0n) is 10.1. The van der Waals surface area contributed by atoms with Gasteiger partial charge in [-0.1, -0.05) is 27.7 Å². The van der Waals surface area contributed by atoms with Crippen molar-refractivity contribution >= 4 is 0 Å². The molecule has 0 aliphatic carbocycles. The van der Waals surface area contributed by atoms with Crippen LogP contribution in [-0.2, 0) is 0 Å². The van der Waals surface area contributed by atoms with E-state index < -0.39 is 0 Å². The molecule has 0 bridgehead atoms. The van der Waals surface area contributed by atoms with Gasteiger partial charge in [0.15, 0.2) is 0 Å². The molecule has 14 heavy (non-hydrogen) atoms. The van der Waals surface area contributed by atoms with Gasteiger partial charge in [-0.15, -0.1) is 0 Å². The van der Waals surface area contributed by atoms with Crippen LogP contribution in [-0.4, -0.2) is 36.2 Å². The molecule has 0 aromatic heterocycles. The van der Waals surface area contributed by atoms with E-state index in [4.69, 9.17) is 5.11 Å². The van der Waals surface area contributed by atoms with E-state index in [2.05, 4.69) is 32.6 Å². The molecule has 2 heteroatoms. The summed E-state index contributed by atoms with van der Waals surface area (Å²) in [6.07, 6.45) is 2.06. The van der Waals surface area contributed by atoms with E-state index in [1.807, 2.05) is 0 Å². The molecule has 1 heterocycles. The fourth-order valence-corrected chi connectivity index (χ4v) is 2.52. The zero-order valence-corrected chi connectivity index (χ0v) is 10.1. The van der Waals surface area contributed by atoms with Crippen molar-refractivity contribution < 1.29 is 5.11 Å². The second-order valence-corrected chi connectivity index (χ2v) is 6.30. The van der Waals surface area contributed by atoms with E-state index in [-0.39, 0.29) is 0 Å². The standard InChI is InChI=1S/C12H25NO/c1-11(2,6-5-7-14)8-13-9-12(3,4)10-13/h14H,5-10H2,1-4H3.